The molecule has 7 heteroatoms. The average molecular weight is 318 g/mol. The van der Waals surface area contributed by atoms with Crippen LogP contribution in [0.5, 0.6) is 0 Å². The first kappa shape index (κ1) is 17.0. The van der Waals surface area contributed by atoms with Crippen molar-refractivity contribution in [3.05, 3.63) is 4.88 Å². The molecule has 0 aromatic carbocycles. The highest BCUT2D eigenvalue weighted by atomic mass is 32.2. The minimum atomic E-state index is -3.46. The number of thiophene rings is 1. The summed E-state index contributed by atoms with van der Waals surface area (Å²) in [4.78, 5) is 12.6. The van der Waals surface area contributed by atoms with Gasteiger partial charge in [0.1, 0.15) is 9.90 Å². The van der Waals surface area contributed by atoms with Crippen LogP contribution in [0.3, 0.4) is 0 Å². The van der Waals surface area contributed by atoms with Crippen LogP contribution in [0.25, 0.3) is 0 Å². The zero-order valence-electron chi connectivity index (χ0n) is 12.3. The number of ketones is 1. The van der Waals surface area contributed by atoms with E-state index in [1.807, 2.05) is 6.92 Å². The van der Waals surface area contributed by atoms with Gasteiger partial charge in [0.05, 0.1) is 16.3 Å². The first-order valence-electron chi connectivity index (χ1n) is 6.69. The highest BCUT2D eigenvalue weighted by Crippen LogP contribution is 2.40. The molecule has 3 N–H and O–H groups in total. The van der Waals surface area contributed by atoms with E-state index < -0.39 is 9.84 Å². The predicted octanol–water partition coefficient (Wildman–Crippen LogP) is 2.78. The first-order chi connectivity index (χ1) is 9.26. The van der Waals surface area contributed by atoms with E-state index in [1.165, 1.54) is 0 Å². The third-order valence-corrected chi connectivity index (χ3v) is 5.99. The molecule has 20 heavy (non-hydrogen) atoms. The number of sulfone groups is 1. The summed E-state index contributed by atoms with van der Waals surface area (Å²) in [7, 11) is -3.46. The van der Waals surface area contributed by atoms with Gasteiger partial charge in [0.2, 0.25) is 0 Å². The van der Waals surface area contributed by atoms with Crippen LogP contribution in [0.15, 0.2) is 4.90 Å². The first-order valence-corrected chi connectivity index (χ1v) is 9.16. The second-order valence-corrected chi connectivity index (χ2v) is 8.09. The Balaban J connectivity index is 3.43. The molecule has 0 bridgehead atoms. The normalized spacial score (nSPS) is 11.8. The lowest BCUT2D eigenvalue weighted by atomic mass is 10.1. The Morgan fingerprint density at radius 2 is 1.95 bits per heavy atom. The highest BCUT2D eigenvalue weighted by molar-refractivity contribution is 7.91. The SMILES string of the molecule is CCCNc1sc(C(=O)C(C)C)c(N)c1S(=O)(=O)CC. The van der Waals surface area contributed by atoms with E-state index in [2.05, 4.69) is 5.32 Å². The predicted molar refractivity (Wildman–Crippen MR) is 84.4 cm³/mol. The number of carbonyl (C=O) groups is 1. The van der Waals surface area contributed by atoms with Crippen molar-refractivity contribution in [1.29, 1.82) is 0 Å². The lowest BCUT2D eigenvalue weighted by molar-refractivity contribution is 0.0944. The molecule has 1 rings (SSSR count). The molecule has 0 aliphatic rings. The fourth-order valence-corrected chi connectivity index (χ4v) is 4.46. The zero-order chi connectivity index (χ0) is 15.5. The summed E-state index contributed by atoms with van der Waals surface area (Å²) in [6.07, 6.45) is 0.858. The van der Waals surface area contributed by atoms with Crippen LogP contribution in [0.1, 0.15) is 43.8 Å². The Bertz CT molecular complexity index is 589. The fraction of sp³-hybridized carbons (Fsp3) is 0.615. The fourth-order valence-electron chi connectivity index (χ4n) is 1.68. The van der Waals surface area contributed by atoms with Gasteiger partial charge < -0.3 is 11.1 Å². The van der Waals surface area contributed by atoms with Crippen LogP contribution in [0.4, 0.5) is 10.7 Å². The van der Waals surface area contributed by atoms with Crippen LogP contribution in [-0.2, 0) is 9.84 Å². The Hall–Kier alpha value is -1.08. The molecule has 0 aliphatic carbocycles. The van der Waals surface area contributed by atoms with Crippen molar-refractivity contribution in [1.82, 2.24) is 0 Å². The number of carbonyl (C=O) groups excluding carboxylic acids is 1. The summed E-state index contributed by atoms with van der Waals surface area (Å²) >= 11 is 1.14. The van der Waals surface area contributed by atoms with E-state index >= 15 is 0 Å². The summed E-state index contributed by atoms with van der Waals surface area (Å²) in [5.41, 5.74) is 6.04. The van der Waals surface area contributed by atoms with Crippen LogP contribution in [0, 0.1) is 5.92 Å². The van der Waals surface area contributed by atoms with E-state index in [-0.39, 0.29) is 28.0 Å². The van der Waals surface area contributed by atoms with E-state index in [1.54, 1.807) is 20.8 Å². The van der Waals surface area contributed by atoms with Crippen molar-refractivity contribution in [2.75, 3.05) is 23.3 Å². The Labute approximate surface area is 124 Å². The quantitative estimate of drug-likeness (QED) is 0.755. The molecule has 0 saturated heterocycles. The minimum Gasteiger partial charge on any atom is -0.396 e. The van der Waals surface area contributed by atoms with E-state index in [0.717, 1.165) is 17.8 Å². The van der Waals surface area contributed by atoms with Crippen LogP contribution >= 0.6 is 11.3 Å². The van der Waals surface area contributed by atoms with Gasteiger partial charge in [-0.05, 0) is 6.42 Å². The van der Waals surface area contributed by atoms with E-state index in [0.29, 0.717) is 16.4 Å². The number of hydrogen-bond donors (Lipinski definition) is 2. The molecule has 0 fully saturated rings. The number of hydrogen-bond acceptors (Lipinski definition) is 6. The number of Topliss-reactive ketones (excluding diaryl/α,β-unsaturated/α-hetero) is 1. The smallest absolute Gasteiger partial charge is 0.183 e. The molecule has 5 nitrogen and oxygen atoms in total. The maximum atomic E-state index is 12.2. The van der Waals surface area contributed by atoms with Crippen LogP contribution in [-0.4, -0.2) is 26.5 Å². The van der Waals surface area contributed by atoms with Gasteiger partial charge in [-0.2, -0.15) is 0 Å². The standard InChI is InChI=1S/C13H22N2O3S2/c1-5-7-15-13-12(20(17,18)6-2)9(14)11(19-13)10(16)8(3)4/h8,15H,5-7,14H2,1-4H3. The van der Waals surface area contributed by atoms with Crippen molar-refractivity contribution in [2.45, 2.75) is 39.0 Å². The van der Waals surface area contributed by atoms with Gasteiger partial charge in [-0.3, -0.25) is 4.79 Å². The number of rotatable bonds is 7. The lowest BCUT2D eigenvalue weighted by Crippen LogP contribution is -2.11. The molecule has 0 saturated carbocycles. The Kier molecular flexibility index (Phi) is 5.59. The minimum absolute atomic E-state index is 0.0377. The van der Waals surface area contributed by atoms with Crippen molar-refractivity contribution >= 4 is 37.6 Å². The van der Waals surface area contributed by atoms with E-state index in [9.17, 15) is 13.2 Å². The molecule has 0 radical (unpaired) electrons. The second kappa shape index (κ2) is 6.58. The van der Waals surface area contributed by atoms with Crippen LogP contribution < -0.4 is 11.1 Å². The number of nitrogens with one attached hydrogen (secondary N) is 1. The summed E-state index contributed by atoms with van der Waals surface area (Å²) in [6.45, 7) is 7.74. The highest BCUT2D eigenvalue weighted by Gasteiger charge is 2.29. The third-order valence-electron chi connectivity index (χ3n) is 2.87. The van der Waals surface area contributed by atoms with Crippen LogP contribution in [0.2, 0.25) is 0 Å². The van der Waals surface area contributed by atoms with Gasteiger partial charge in [-0.25, -0.2) is 8.42 Å². The topological polar surface area (TPSA) is 89.3 Å². The number of nitrogen functional groups attached to an aromatic ring is 1. The van der Waals surface area contributed by atoms with Crippen molar-refractivity contribution < 1.29 is 13.2 Å². The summed E-state index contributed by atoms with van der Waals surface area (Å²) in [5, 5.41) is 3.55. The third kappa shape index (κ3) is 3.32. The molecule has 0 aliphatic heterocycles. The van der Waals surface area contributed by atoms with Gasteiger partial charge in [0.25, 0.3) is 0 Å². The Morgan fingerprint density at radius 1 is 1.35 bits per heavy atom. The van der Waals surface area contributed by atoms with Crippen molar-refractivity contribution in [3.8, 4) is 0 Å². The molecule has 0 amide bonds. The largest absolute Gasteiger partial charge is 0.396 e. The lowest BCUT2D eigenvalue weighted by Gasteiger charge is -2.06. The molecule has 114 valence electrons. The van der Waals surface area contributed by atoms with Gasteiger partial charge >= 0.3 is 0 Å². The summed E-state index contributed by atoms with van der Waals surface area (Å²) < 4.78 is 24.4. The maximum Gasteiger partial charge on any atom is 0.183 e. The molecule has 0 unspecified atom stereocenters. The van der Waals surface area contributed by atoms with Gasteiger partial charge in [0.15, 0.2) is 15.6 Å². The van der Waals surface area contributed by atoms with Gasteiger partial charge in [0, 0.05) is 12.5 Å². The monoisotopic (exact) mass is 318 g/mol. The Morgan fingerprint density at radius 3 is 2.40 bits per heavy atom. The summed E-state index contributed by atoms with van der Waals surface area (Å²) in [5.74, 6) is -0.374. The zero-order valence-corrected chi connectivity index (χ0v) is 14.0. The molecular weight excluding hydrogens is 296 g/mol. The molecular formula is C13H22N2O3S2. The average Bonchev–Trinajstić information content (AvgIpc) is 2.72. The van der Waals surface area contributed by atoms with Gasteiger partial charge in [-0.15, -0.1) is 11.3 Å². The molecule has 1 aromatic heterocycles. The molecule has 1 heterocycles. The number of nitrogens with two attached hydrogens (primary N) is 1. The van der Waals surface area contributed by atoms with Crippen molar-refractivity contribution in [2.24, 2.45) is 5.92 Å². The van der Waals surface area contributed by atoms with Gasteiger partial charge in [-0.1, -0.05) is 27.7 Å². The molecule has 1 aromatic rings. The second-order valence-electron chi connectivity index (χ2n) is 4.85. The van der Waals surface area contributed by atoms with Crippen molar-refractivity contribution in [3.63, 3.8) is 0 Å². The molecule has 0 spiro atoms. The van der Waals surface area contributed by atoms with E-state index in [4.69, 9.17) is 5.73 Å². The molecule has 0 atom stereocenters. The number of anilines is 2. The summed E-state index contributed by atoms with van der Waals surface area (Å²) in [6, 6.07) is 0. The maximum absolute atomic E-state index is 12.2.